The second-order valence-electron chi connectivity index (χ2n) is 14.5. The van der Waals surface area contributed by atoms with Gasteiger partial charge in [0.05, 0.1) is 45.8 Å². The van der Waals surface area contributed by atoms with Crippen molar-refractivity contribution in [2.45, 2.75) is 62.0 Å². The van der Waals surface area contributed by atoms with Gasteiger partial charge in [-0.25, -0.2) is 22.2 Å². The Hall–Kier alpha value is -5.50. The molecule has 0 bridgehead atoms. The Morgan fingerprint density at radius 2 is 1.76 bits per heavy atom. The van der Waals surface area contributed by atoms with Crippen LogP contribution in [0.2, 0.25) is 0 Å². The maximum atomic E-state index is 14.9. The van der Waals surface area contributed by atoms with Gasteiger partial charge in [0.2, 0.25) is 5.91 Å². The minimum Gasteiger partial charge on any atom is -0.444 e. The van der Waals surface area contributed by atoms with E-state index in [2.05, 4.69) is 15.5 Å². The Kier molecular flexibility index (Phi) is 7.21. The van der Waals surface area contributed by atoms with Crippen molar-refractivity contribution in [3.05, 3.63) is 78.9 Å². The molecule has 2 atom stereocenters. The third-order valence-corrected chi connectivity index (χ3v) is 11.7. The van der Waals surface area contributed by atoms with Gasteiger partial charge in [0.1, 0.15) is 5.60 Å². The molecule has 1 aliphatic carbocycles. The van der Waals surface area contributed by atoms with E-state index in [0.717, 1.165) is 16.5 Å². The molecule has 2 aliphatic rings. The van der Waals surface area contributed by atoms with Crippen molar-refractivity contribution in [3.8, 4) is 22.4 Å². The first-order chi connectivity index (χ1) is 24.2. The highest BCUT2D eigenvalue weighted by molar-refractivity contribution is 7.90. The molecule has 1 N–H and O–H groups in total. The summed E-state index contributed by atoms with van der Waals surface area (Å²) in [7, 11) is 1.11. The monoisotopic (exact) mass is 706 g/mol. The van der Waals surface area contributed by atoms with Crippen LogP contribution in [0.25, 0.3) is 44.3 Å². The number of benzene rings is 2. The van der Waals surface area contributed by atoms with Crippen molar-refractivity contribution in [2.24, 2.45) is 14.1 Å². The van der Waals surface area contributed by atoms with Gasteiger partial charge in [-0.3, -0.25) is 14.2 Å². The zero-order valence-electron chi connectivity index (χ0n) is 29.2. The predicted octanol–water partition coefficient (Wildman–Crippen LogP) is 5.52. The molecule has 1 saturated carbocycles. The molecule has 0 unspecified atom stereocenters. The van der Waals surface area contributed by atoms with E-state index < -0.39 is 27.1 Å². The number of carbonyl (C=O) groups is 2. The predicted molar refractivity (Wildman–Crippen MR) is 193 cm³/mol. The van der Waals surface area contributed by atoms with Crippen molar-refractivity contribution < 1.29 is 22.7 Å². The van der Waals surface area contributed by atoms with Crippen molar-refractivity contribution in [1.82, 2.24) is 33.8 Å². The van der Waals surface area contributed by atoms with Crippen LogP contribution in [0, 0.1) is 0 Å². The lowest BCUT2D eigenvalue weighted by Gasteiger charge is -2.25. The van der Waals surface area contributed by atoms with Crippen LogP contribution >= 0.6 is 0 Å². The quantitative estimate of drug-likeness (QED) is 0.247. The van der Waals surface area contributed by atoms with Gasteiger partial charge in [-0.15, -0.1) is 0 Å². The molecule has 1 fully saturated rings. The third-order valence-electron chi connectivity index (χ3n) is 10.0. The number of amides is 2. The number of aromatic nitrogens is 6. The fourth-order valence-electron chi connectivity index (χ4n) is 7.89. The van der Waals surface area contributed by atoms with E-state index in [9.17, 15) is 18.0 Å². The number of anilines is 1. The van der Waals surface area contributed by atoms with E-state index in [1.807, 2.05) is 25.2 Å². The number of ether oxygens (including phenoxy) is 1. The van der Waals surface area contributed by atoms with Gasteiger partial charge >= 0.3 is 6.09 Å². The summed E-state index contributed by atoms with van der Waals surface area (Å²) in [5.41, 5.74) is 2.93. The molecule has 262 valence electrons. The van der Waals surface area contributed by atoms with Gasteiger partial charge in [-0.2, -0.15) is 10.2 Å². The third kappa shape index (κ3) is 5.02. The maximum absolute atomic E-state index is 14.9. The summed E-state index contributed by atoms with van der Waals surface area (Å²) < 4.78 is 40.0. The number of pyridine rings is 1. The topological polar surface area (TPSA) is 146 Å². The number of carbonyl (C=O) groups excluding carboxylic acids is 2. The normalized spacial score (nSPS) is 19.1. The molecule has 4 aromatic heterocycles. The standard InChI is InChI=1S/C37H38N8O5S/c1-36(2,3)50-35(47)41-25-14-15-37(17-25)31-28(43(5)34(37)46)20-38-33-30(31)29(22-12-13-27-23(16-22)18-40-44(27)6)32(24-19-39-42(4)21-24)45(33)51(48,49)26-10-8-7-9-11-26/h7-13,16,18-21,25H,14-15,17H2,1-6H3,(H,41,47)/t25-,37+/m0/s1. The highest BCUT2D eigenvalue weighted by Gasteiger charge is 2.56. The van der Waals surface area contributed by atoms with Gasteiger partial charge in [0, 0.05) is 60.8 Å². The van der Waals surface area contributed by atoms with Crippen molar-refractivity contribution in [3.63, 3.8) is 0 Å². The van der Waals surface area contributed by atoms with Gasteiger partial charge < -0.3 is 15.0 Å². The molecular formula is C37H38N8O5S. The highest BCUT2D eigenvalue weighted by Crippen LogP contribution is 2.56. The number of alkyl carbamates (subject to hydrolysis) is 1. The number of likely N-dealkylation sites (N-methyl/N-ethyl adjacent to an activating group) is 1. The molecule has 14 heteroatoms. The maximum Gasteiger partial charge on any atom is 0.407 e. The van der Waals surface area contributed by atoms with Crippen LogP contribution in [0.15, 0.2) is 78.2 Å². The first-order valence-electron chi connectivity index (χ1n) is 16.8. The molecule has 8 rings (SSSR count). The number of aryl methyl sites for hydroxylation is 2. The van der Waals surface area contributed by atoms with Crippen LogP contribution in [0.1, 0.15) is 45.6 Å². The smallest absolute Gasteiger partial charge is 0.407 e. The van der Waals surface area contributed by atoms with Crippen molar-refractivity contribution >= 4 is 49.6 Å². The van der Waals surface area contributed by atoms with E-state index >= 15 is 0 Å². The fourth-order valence-corrected chi connectivity index (χ4v) is 9.40. The molecule has 0 radical (unpaired) electrons. The SMILES string of the molecule is CN1C(=O)[C@@]2(CC[C@H](NC(=O)OC(C)(C)C)C2)c2c1cnc1c2c(-c2ccc3c(cnn3C)c2)c(-c2cnn(C)c2)n1S(=O)(=O)c1ccccc1. The summed E-state index contributed by atoms with van der Waals surface area (Å²) in [6, 6.07) is 13.8. The van der Waals surface area contributed by atoms with Crippen LogP contribution in [-0.2, 0) is 39.1 Å². The first-order valence-corrected chi connectivity index (χ1v) is 18.2. The van der Waals surface area contributed by atoms with Gasteiger partial charge in [-0.05, 0) is 69.9 Å². The summed E-state index contributed by atoms with van der Waals surface area (Å²) in [6.45, 7) is 5.41. The molecule has 5 heterocycles. The van der Waals surface area contributed by atoms with E-state index in [1.54, 1.807) is 104 Å². The van der Waals surface area contributed by atoms with Crippen molar-refractivity contribution in [2.75, 3.05) is 11.9 Å². The molecule has 51 heavy (non-hydrogen) atoms. The zero-order valence-corrected chi connectivity index (χ0v) is 30.0. The van der Waals surface area contributed by atoms with E-state index in [0.29, 0.717) is 52.7 Å². The van der Waals surface area contributed by atoms with Gasteiger partial charge in [0.25, 0.3) is 10.0 Å². The van der Waals surface area contributed by atoms with E-state index in [1.165, 1.54) is 3.97 Å². The fraction of sp³-hybridized carbons (Fsp3) is 0.324. The minimum absolute atomic E-state index is 0.0917. The lowest BCUT2D eigenvalue weighted by Crippen LogP contribution is -2.41. The minimum atomic E-state index is -4.26. The summed E-state index contributed by atoms with van der Waals surface area (Å²) >= 11 is 0. The number of rotatable bonds is 5. The highest BCUT2D eigenvalue weighted by atomic mass is 32.2. The van der Waals surface area contributed by atoms with Crippen molar-refractivity contribution in [1.29, 1.82) is 0 Å². The molecule has 0 saturated heterocycles. The summed E-state index contributed by atoms with van der Waals surface area (Å²) in [5.74, 6) is -0.129. The van der Waals surface area contributed by atoms with Crippen LogP contribution in [-0.4, -0.2) is 67.6 Å². The summed E-state index contributed by atoms with van der Waals surface area (Å²) in [6.07, 6.45) is 7.50. The molecular weight excluding hydrogens is 669 g/mol. The molecule has 1 aliphatic heterocycles. The molecule has 1 spiro atoms. The van der Waals surface area contributed by atoms with Gasteiger partial charge in [-0.1, -0.05) is 24.3 Å². The average molecular weight is 707 g/mol. The summed E-state index contributed by atoms with van der Waals surface area (Å²) in [4.78, 5) is 34.0. The number of nitrogens with zero attached hydrogens (tertiary/aromatic N) is 7. The Morgan fingerprint density at radius 1 is 1.00 bits per heavy atom. The average Bonchev–Trinajstić information content (AvgIpc) is 3.90. The Labute approximate surface area is 294 Å². The van der Waals surface area contributed by atoms with Crippen LogP contribution in [0.3, 0.4) is 0 Å². The lowest BCUT2D eigenvalue weighted by molar-refractivity contribution is -0.122. The second-order valence-corrected chi connectivity index (χ2v) is 16.3. The van der Waals surface area contributed by atoms with E-state index in [4.69, 9.17) is 9.72 Å². The van der Waals surface area contributed by atoms with Crippen LogP contribution in [0.4, 0.5) is 10.5 Å². The Morgan fingerprint density at radius 3 is 2.47 bits per heavy atom. The van der Waals surface area contributed by atoms with E-state index in [-0.39, 0.29) is 22.5 Å². The number of nitrogens with one attached hydrogen (secondary N) is 1. The molecule has 2 amide bonds. The Balaban J connectivity index is 1.46. The first kappa shape index (κ1) is 32.7. The number of hydrogen-bond donors (Lipinski definition) is 1. The lowest BCUT2D eigenvalue weighted by atomic mass is 9.77. The molecule has 13 nitrogen and oxygen atoms in total. The molecule has 2 aromatic carbocycles. The number of fused-ring (bicyclic) bond motifs is 5. The largest absolute Gasteiger partial charge is 0.444 e. The van der Waals surface area contributed by atoms with Gasteiger partial charge in [0.15, 0.2) is 5.65 Å². The second kappa shape index (κ2) is 11.3. The van der Waals surface area contributed by atoms with Crippen LogP contribution in [0.5, 0.6) is 0 Å². The Bertz CT molecular complexity index is 2510. The summed E-state index contributed by atoms with van der Waals surface area (Å²) in [5, 5.41) is 13.3. The number of hydrogen-bond acceptors (Lipinski definition) is 8. The van der Waals surface area contributed by atoms with Crippen LogP contribution < -0.4 is 10.2 Å². The molecule has 6 aromatic rings. The zero-order chi connectivity index (χ0) is 36.0.